The van der Waals surface area contributed by atoms with E-state index >= 15 is 0 Å². The highest BCUT2D eigenvalue weighted by Gasteiger charge is 2.32. The summed E-state index contributed by atoms with van der Waals surface area (Å²) in [6.45, 7) is 1.35. The topological polar surface area (TPSA) is 81.3 Å². The third-order valence-electron chi connectivity index (χ3n) is 2.84. The van der Waals surface area contributed by atoms with E-state index in [1.807, 2.05) is 0 Å². The van der Waals surface area contributed by atoms with E-state index in [4.69, 9.17) is 5.26 Å². The number of aliphatic hydroxyl groups excluding tert-OH is 2. The molecule has 0 spiro atoms. The Balaban J connectivity index is 2.95. The average Bonchev–Trinajstić information content (AvgIpc) is 2.44. The Morgan fingerprint density at radius 2 is 2.00 bits per heavy atom. The van der Waals surface area contributed by atoms with Crippen LogP contribution < -0.4 is 0 Å². The van der Waals surface area contributed by atoms with Crippen molar-refractivity contribution >= 4 is 16.9 Å². The van der Waals surface area contributed by atoms with Gasteiger partial charge in [-0.25, -0.2) is 0 Å². The molecule has 120 valence electrons. The number of alkyl halides is 3. The summed E-state index contributed by atoms with van der Waals surface area (Å²) in [6.07, 6.45) is -7.52. The van der Waals surface area contributed by atoms with Gasteiger partial charge in [-0.1, -0.05) is 11.8 Å². The van der Waals surface area contributed by atoms with Gasteiger partial charge in [0.25, 0.3) is 0 Å². The molecule has 0 bridgehead atoms. The second-order valence-electron chi connectivity index (χ2n) is 4.59. The van der Waals surface area contributed by atoms with Crippen molar-refractivity contribution < 1.29 is 28.2 Å². The second kappa shape index (κ2) is 7.63. The number of nitriles is 1. The van der Waals surface area contributed by atoms with Crippen LogP contribution in [0.1, 0.15) is 36.1 Å². The van der Waals surface area contributed by atoms with Crippen LogP contribution in [0.2, 0.25) is 0 Å². The minimum Gasteiger partial charge on any atom is -0.390 e. The van der Waals surface area contributed by atoms with Gasteiger partial charge >= 0.3 is 6.18 Å². The maximum atomic E-state index is 12.7. The molecule has 0 aliphatic carbocycles. The first-order chi connectivity index (χ1) is 10.1. The Bertz CT molecular complexity index is 584. The first-order valence-corrected chi connectivity index (χ1v) is 7.25. The zero-order chi connectivity index (χ0) is 16.9. The van der Waals surface area contributed by atoms with Gasteiger partial charge in [-0.15, -0.1) is 0 Å². The van der Waals surface area contributed by atoms with Gasteiger partial charge in [0.15, 0.2) is 5.12 Å². The normalized spacial score (nSPS) is 14.2. The van der Waals surface area contributed by atoms with Crippen LogP contribution in [0.3, 0.4) is 0 Å². The van der Waals surface area contributed by atoms with Crippen molar-refractivity contribution in [2.45, 2.75) is 31.7 Å². The highest BCUT2D eigenvalue weighted by molar-refractivity contribution is 8.13. The number of aliphatic hydroxyl groups is 2. The van der Waals surface area contributed by atoms with E-state index in [9.17, 15) is 28.2 Å². The first-order valence-electron chi connectivity index (χ1n) is 6.27. The largest absolute Gasteiger partial charge is 0.416 e. The maximum absolute atomic E-state index is 12.7. The van der Waals surface area contributed by atoms with Crippen molar-refractivity contribution in [2.75, 3.05) is 5.75 Å². The van der Waals surface area contributed by atoms with Crippen molar-refractivity contribution in [2.24, 2.45) is 0 Å². The van der Waals surface area contributed by atoms with E-state index in [-0.39, 0.29) is 28.4 Å². The van der Waals surface area contributed by atoms with Gasteiger partial charge in [-0.3, -0.25) is 4.79 Å². The van der Waals surface area contributed by atoms with E-state index < -0.39 is 23.9 Å². The van der Waals surface area contributed by atoms with Crippen LogP contribution in [0.5, 0.6) is 0 Å². The van der Waals surface area contributed by atoms with E-state index in [2.05, 4.69) is 0 Å². The second-order valence-corrected chi connectivity index (χ2v) is 5.87. The van der Waals surface area contributed by atoms with Gasteiger partial charge in [0.2, 0.25) is 0 Å². The van der Waals surface area contributed by atoms with Gasteiger partial charge < -0.3 is 10.2 Å². The van der Waals surface area contributed by atoms with Gasteiger partial charge in [0.1, 0.15) is 6.10 Å². The van der Waals surface area contributed by atoms with Crippen LogP contribution >= 0.6 is 11.8 Å². The fourth-order valence-electron chi connectivity index (χ4n) is 1.75. The number of hydrogen-bond donors (Lipinski definition) is 2. The lowest BCUT2D eigenvalue weighted by molar-refractivity contribution is -0.137. The van der Waals surface area contributed by atoms with E-state index in [1.54, 1.807) is 6.07 Å². The molecule has 0 aliphatic rings. The highest BCUT2D eigenvalue weighted by Crippen LogP contribution is 2.33. The number of carbonyl (C=O) groups is 1. The summed E-state index contributed by atoms with van der Waals surface area (Å²) < 4.78 is 38.2. The number of thioether (sulfide) groups is 1. The minimum absolute atomic E-state index is 0.0313. The van der Waals surface area contributed by atoms with Crippen LogP contribution in [0.4, 0.5) is 13.2 Å². The van der Waals surface area contributed by atoms with Gasteiger partial charge in [0, 0.05) is 12.7 Å². The van der Waals surface area contributed by atoms with E-state index in [0.717, 1.165) is 17.8 Å². The van der Waals surface area contributed by atoms with Gasteiger partial charge in [-0.05, 0) is 30.2 Å². The zero-order valence-corrected chi connectivity index (χ0v) is 12.4. The number of hydrogen-bond acceptors (Lipinski definition) is 5. The SMILES string of the molecule is CC(=O)SCCC(O)C(O)c1cc(C#N)cc(C(F)(F)F)c1. The molecule has 1 aromatic rings. The summed E-state index contributed by atoms with van der Waals surface area (Å²) in [5, 5.41) is 28.4. The highest BCUT2D eigenvalue weighted by atomic mass is 32.2. The zero-order valence-electron chi connectivity index (χ0n) is 11.6. The molecule has 0 aliphatic heterocycles. The number of halogens is 3. The summed E-state index contributed by atoms with van der Waals surface area (Å²) in [7, 11) is 0. The first kappa shape index (κ1) is 18.5. The summed E-state index contributed by atoms with van der Waals surface area (Å²) in [6, 6.07) is 4.06. The maximum Gasteiger partial charge on any atom is 0.416 e. The molecular formula is C14H14F3NO3S. The number of nitrogens with zero attached hydrogens (tertiary/aromatic N) is 1. The quantitative estimate of drug-likeness (QED) is 0.866. The molecule has 2 unspecified atom stereocenters. The van der Waals surface area contributed by atoms with Crippen molar-refractivity contribution in [1.29, 1.82) is 5.26 Å². The van der Waals surface area contributed by atoms with Crippen LogP contribution in [0.15, 0.2) is 18.2 Å². The van der Waals surface area contributed by atoms with Gasteiger partial charge in [-0.2, -0.15) is 18.4 Å². The Kier molecular flexibility index (Phi) is 6.41. The Morgan fingerprint density at radius 1 is 1.36 bits per heavy atom. The predicted octanol–water partition coefficient (Wildman–Crippen LogP) is 2.64. The summed E-state index contributed by atoms with van der Waals surface area (Å²) >= 11 is 0.945. The molecule has 1 rings (SSSR count). The summed E-state index contributed by atoms with van der Waals surface area (Å²) in [5.41, 5.74) is -1.51. The number of rotatable bonds is 5. The van der Waals surface area contributed by atoms with Crippen LogP contribution in [0.25, 0.3) is 0 Å². The van der Waals surface area contributed by atoms with E-state index in [1.165, 1.54) is 6.92 Å². The molecule has 2 N–H and O–H groups in total. The summed E-state index contributed by atoms with van der Waals surface area (Å²) in [5.74, 6) is 0.234. The number of benzene rings is 1. The fourth-order valence-corrected chi connectivity index (χ4v) is 2.40. The minimum atomic E-state index is -4.66. The van der Waals surface area contributed by atoms with Crippen molar-refractivity contribution in [3.63, 3.8) is 0 Å². The molecular weight excluding hydrogens is 319 g/mol. The third-order valence-corrected chi connectivity index (χ3v) is 3.68. The molecule has 2 atom stereocenters. The Hall–Kier alpha value is -1.56. The lowest BCUT2D eigenvalue weighted by Gasteiger charge is -2.19. The number of carbonyl (C=O) groups excluding carboxylic acids is 1. The van der Waals surface area contributed by atoms with E-state index in [0.29, 0.717) is 12.1 Å². The fraction of sp³-hybridized carbons (Fsp3) is 0.429. The van der Waals surface area contributed by atoms with Crippen molar-refractivity contribution in [3.05, 3.63) is 34.9 Å². The van der Waals surface area contributed by atoms with Crippen LogP contribution in [-0.2, 0) is 11.0 Å². The molecule has 0 fully saturated rings. The average molecular weight is 333 g/mol. The monoisotopic (exact) mass is 333 g/mol. The molecule has 0 aromatic heterocycles. The molecule has 0 saturated heterocycles. The molecule has 22 heavy (non-hydrogen) atoms. The van der Waals surface area contributed by atoms with Gasteiger partial charge in [0.05, 0.1) is 23.3 Å². The Labute approximate surface area is 129 Å². The van der Waals surface area contributed by atoms with Crippen LogP contribution in [-0.4, -0.2) is 27.2 Å². The smallest absolute Gasteiger partial charge is 0.390 e. The molecule has 0 saturated carbocycles. The van der Waals surface area contributed by atoms with Crippen LogP contribution in [0, 0.1) is 11.3 Å². The predicted molar refractivity (Wildman–Crippen MR) is 74.9 cm³/mol. The Morgan fingerprint density at radius 3 is 2.50 bits per heavy atom. The van der Waals surface area contributed by atoms with Crippen molar-refractivity contribution in [3.8, 4) is 6.07 Å². The molecule has 0 amide bonds. The molecule has 0 heterocycles. The lowest BCUT2D eigenvalue weighted by atomic mass is 9.98. The molecule has 4 nitrogen and oxygen atoms in total. The van der Waals surface area contributed by atoms with Crippen molar-refractivity contribution in [1.82, 2.24) is 0 Å². The standard InChI is InChI=1S/C14H14F3NO3S/c1-8(19)22-3-2-12(20)13(21)10-4-9(7-18)5-11(6-10)14(15,16)17/h4-6,12-13,20-21H,2-3H2,1H3. The third kappa shape index (κ3) is 5.33. The summed E-state index contributed by atoms with van der Waals surface area (Å²) in [4.78, 5) is 10.8. The molecule has 1 aromatic carbocycles. The molecule has 8 heteroatoms. The molecule has 0 radical (unpaired) electrons. The lowest BCUT2D eigenvalue weighted by Crippen LogP contribution is -2.20.